The molecule has 0 aromatic carbocycles. The van der Waals surface area contributed by atoms with Crippen molar-refractivity contribution in [1.29, 1.82) is 0 Å². The van der Waals surface area contributed by atoms with Gasteiger partial charge in [0.1, 0.15) is 0 Å². The second kappa shape index (κ2) is 5.78. The summed E-state index contributed by atoms with van der Waals surface area (Å²) in [4.78, 5) is 26.4. The van der Waals surface area contributed by atoms with E-state index in [0.29, 0.717) is 12.5 Å². The normalized spacial score (nSPS) is 14.7. The first-order chi connectivity index (χ1) is 11.2. The van der Waals surface area contributed by atoms with Gasteiger partial charge in [0.25, 0.3) is 5.56 Å². The zero-order valence-corrected chi connectivity index (χ0v) is 13.7. The van der Waals surface area contributed by atoms with E-state index < -0.39 is 0 Å². The monoisotopic (exact) mass is 330 g/mol. The summed E-state index contributed by atoms with van der Waals surface area (Å²) in [5.41, 5.74) is 2.58. The minimum atomic E-state index is -0.0392. The zero-order chi connectivity index (χ0) is 15.8. The number of thiazole rings is 1. The Morgan fingerprint density at radius 3 is 3.04 bits per heavy atom. The summed E-state index contributed by atoms with van der Waals surface area (Å²) in [6.45, 7) is 4.29. The van der Waals surface area contributed by atoms with Crippen LogP contribution < -0.4 is 16.2 Å². The molecule has 0 saturated heterocycles. The molecule has 0 amide bonds. The summed E-state index contributed by atoms with van der Waals surface area (Å²) in [7, 11) is 0. The molecule has 1 aliphatic heterocycles. The molecule has 0 saturated carbocycles. The van der Waals surface area contributed by atoms with Crippen LogP contribution in [0.4, 0.5) is 5.95 Å². The quantitative estimate of drug-likeness (QED) is 0.669. The van der Waals surface area contributed by atoms with Crippen molar-refractivity contribution >= 4 is 22.2 Å². The summed E-state index contributed by atoms with van der Waals surface area (Å²) in [5, 5.41) is 6.47. The van der Waals surface area contributed by atoms with E-state index in [4.69, 9.17) is 0 Å². The molecule has 8 heteroatoms. The van der Waals surface area contributed by atoms with Crippen molar-refractivity contribution in [3.8, 4) is 0 Å². The summed E-state index contributed by atoms with van der Waals surface area (Å²) in [6, 6.07) is 0. The second-order valence-electron chi connectivity index (χ2n) is 5.71. The fraction of sp³-hybridized carbons (Fsp3) is 0.400. The lowest BCUT2D eigenvalue weighted by Gasteiger charge is -2.08. The van der Waals surface area contributed by atoms with E-state index in [-0.39, 0.29) is 5.56 Å². The standard InChI is InChI=1S/C15H18N6OS/c1-9-7-21-8-10(18-15(21)23-9)6-17-14-19-12-3-5-16-4-2-11(12)13(22)20-14/h7-8,16H,2-6H2,1H3,(H2,17,19,20,22). The average Bonchev–Trinajstić information content (AvgIpc) is 2.92. The molecule has 0 fully saturated rings. The molecular weight excluding hydrogens is 312 g/mol. The predicted molar refractivity (Wildman–Crippen MR) is 90.3 cm³/mol. The lowest BCUT2D eigenvalue weighted by Crippen LogP contribution is -2.21. The minimum Gasteiger partial charge on any atom is -0.350 e. The number of anilines is 1. The number of fused-ring (bicyclic) bond motifs is 2. The first-order valence-electron chi connectivity index (χ1n) is 7.70. The Labute approximate surface area is 136 Å². The van der Waals surface area contributed by atoms with E-state index in [2.05, 4.69) is 38.7 Å². The summed E-state index contributed by atoms with van der Waals surface area (Å²) in [6.07, 6.45) is 5.57. The van der Waals surface area contributed by atoms with E-state index in [0.717, 1.165) is 47.8 Å². The Kier molecular flexibility index (Phi) is 3.62. The van der Waals surface area contributed by atoms with E-state index in [1.54, 1.807) is 11.3 Å². The molecule has 0 aliphatic carbocycles. The van der Waals surface area contributed by atoms with Crippen LogP contribution in [0.2, 0.25) is 0 Å². The maximum Gasteiger partial charge on any atom is 0.255 e. The Balaban J connectivity index is 1.54. The maximum absolute atomic E-state index is 12.2. The lowest BCUT2D eigenvalue weighted by molar-refractivity contribution is 0.708. The van der Waals surface area contributed by atoms with Crippen LogP contribution in [0.15, 0.2) is 17.2 Å². The molecule has 4 heterocycles. The lowest BCUT2D eigenvalue weighted by atomic mass is 10.1. The van der Waals surface area contributed by atoms with Gasteiger partial charge < -0.3 is 10.6 Å². The molecule has 7 nitrogen and oxygen atoms in total. The van der Waals surface area contributed by atoms with Crippen molar-refractivity contribution in [2.24, 2.45) is 0 Å². The Morgan fingerprint density at radius 1 is 1.30 bits per heavy atom. The van der Waals surface area contributed by atoms with Crippen molar-refractivity contribution in [2.45, 2.75) is 26.3 Å². The molecule has 3 aromatic rings. The van der Waals surface area contributed by atoms with Gasteiger partial charge in [-0.2, -0.15) is 0 Å². The molecule has 1 aliphatic rings. The van der Waals surface area contributed by atoms with Crippen molar-refractivity contribution < 1.29 is 0 Å². The first kappa shape index (κ1) is 14.4. The highest BCUT2D eigenvalue weighted by molar-refractivity contribution is 7.16. The van der Waals surface area contributed by atoms with E-state index in [1.807, 2.05) is 10.6 Å². The Morgan fingerprint density at radius 2 is 2.17 bits per heavy atom. The summed E-state index contributed by atoms with van der Waals surface area (Å²) < 4.78 is 2.02. The SMILES string of the molecule is Cc1cn2cc(CNc3nc4c(c(=O)[nH]3)CCNCC4)nc2s1. The van der Waals surface area contributed by atoms with Crippen LogP contribution in [0.1, 0.15) is 21.8 Å². The van der Waals surface area contributed by atoms with Gasteiger partial charge in [-0.1, -0.05) is 0 Å². The van der Waals surface area contributed by atoms with Crippen LogP contribution >= 0.6 is 11.3 Å². The van der Waals surface area contributed by atoms with Gasteiger partial charge in [0.15, 0.2) is 4.96 Å². The average molecular weight is 330 g/mol. The number of rotatable bonds is 3. The van der Waals surface area contributed by atoms with Crippen molar-refractivity contribution in [2.75, 3.05) is 18.4 Å². The minimum absolute atomic E-state index is 0.0392. The van der Waals surface area contributed by atoms with E-state index in [9.17, 15) is 4.79 Å². The highest BCUT2D eigenvalue weighted by Crippen LogP contribution is 2.17. The number of nitrogens with zero attached hydrogens (tertiary/aromatic N) is 3. The third-order valence-corrected chi connectivity index (χ3v) is 4.86. The predicted octanol–water partition coefficient (Wildman–Crippen LogP) is 1.09. The Hall–Kier alpha value is -2.19. The van der Waals surface area contributed by atoms with Gasteiger partial charge in [-0.3, -0.25) is 14.2 Å². The third kappa shape index (κ3) is 2.87. The number of hydrogen-bond acceptors (Lipinski definition) is 6. The van der Waals surface area contributed by atoms with Crippen LogP contribution in [0, 0.1) is 6.92 Å². The molecule has 120 valence electrons. The van der Waals surface area contributed by atoms with Gasteiger partial charge in [-0.15, -0.1) is 11.3 Å². The Bertz CT molecular complexity index is 877. The van der Waals surface area contributed by atoms with Crippen molar-refractivity contribution in [3.05, 3.63) is 44.6 Å². The smallest absolute Gasteiger partial charge is 0.255 e. The van der Waals surface area contributed by atoms with Crippen LogP contribution in [-0.2, 0) is 19.4 Å². The van der Waals surface area contributed by atoms with Gasteiger partial charge in [0.05, 0.1) is 17.9 Å². The number of imidazole rings is 1. The fourth-order valence-corrected chi connectivity index (χ4v) is 3.68. The number of H-pyrrole nitrogens is 1. The largest absolute Gasteiger partial charge is 0.350 e. The maximum atomic E-state index is 12.2. The third-order valence-electron chi connectivity index (χ3n) is 3.95. The summed E-state index contributed by atoms with van der Waals surface area (Å²) in [5.74, 6) is 0.517. The number of nitrogens with one attached hydrogen (secondary N) is 3. The molecule has 3 N–H and O–H groups in total. The molecule has 0 bridgehead atoms. The number of aromatic amines is 1. The van der Waals surface area contributed by atoms with Gasteiger partial charge in [0, 0.05) is 35.8 Å². The highest BCUT2D eigenvalue weighted by Gasteiger charge is 2.14. The van der Waals surface area contributed by atoms with Gasteiger partial charge in [-0.25, -0.2) is 9.97 Å². The molecule has 3 aromatic heterocycles. The molecule has 0 radical (unpaired) electrons. The van der Waals surface area contributed by atoms with E-state index >= 15 is 0 Å². The van der Waals surface area contributed by atoms with Crippen LogP contribution in [0.5, 0.6) is 0 Å². The number of hydrogen-bond donors (Lipinski definition) is 3. The molecular formula is C15H18N6OS. The van der Waals surface area contributed by atoms with Crippen LogP contribution in [0.3, 0.4) is 0 Å². The second-order valence-corrected chi connectivity index (χ2v) is 6.92. The van der Waals surface area contributed by atoms with Crippen molar-refractivity contribution in [1.82, 2.24) is 24.7 Å². The number of aryl methyl sites for hydroxylation is 1. The highest BCUT2D eigenvalue weighted by atomic mass is 32.1. The number of aromatic nitrogens is 4. The fourth-order valence-electron chi connectivity index (χ4n) is 2.86. The van der Waals surface area contributed by atoms with E-state index in [1.165, 1.54) is 4.88 Å². The molecule has 23 heavy (non-hydrogen) atoms. The molecule has 0 spiro atoms. The van der Waals surface area contributed by atoms with Gasteiger partial charge in [-0.05, 0) is 19.9 Å². The van der Waals surface area contributed by atoms with Crippen LogP contribution in [0.25, 0.3) is 4.96 Å². The topological polar surface area (TPSA) is 87.1 Å². The molecule has 4 rings (SSSR count). The molecule has 0 atom stereocenters. The zero-order valence-electron chi connectivity index (χ0n) is 12.8. The van der Waals surface area contributed by atoms with Gasteiger partial charge >= 0.3 is 0 Å². The molecule has 0 unspecified atom stereocenters. The van der Waals surface area contributed by atoms with Gasteiger partial charge in [0.2, 0.25) is 5.95 Å². The first-order valence-corrected chi connectivity index (χ1v) is 8.51. The van der Waals surface area contributed by atoms with Crippen molar-refractivity contribution in [3.63, 3.8) is 0 Å². The summed E-state index contributed by atoms with van der Waals surface area (Å²) >= 11 is 1.66. The van der Waals surface area contributed by atoms with Crippen LogP contribution in [-0.4, -0.2) is 32.4 Å².